The van der Waals surface area contributed by atoms with Crippen LogP contribution in [0, 0.1) is 17.8 Å². The number of hydrogen-bond donors (Lipinski definition) is 2. The third-order valence-corrected chi connectivity index (χ3v) is 4.87. The lowest BCUT2D eigenvalue weighted by Crippen LogP contribution is -2.46. The summed E-state index contributed by atoms with van der Waals surface area (Å²) in [7, 11) is 0. The summed E-state index contributed by atoms with van der Waals surface area (Å²) in [6.07, 6.45) is 3.57. The topological polar surface area (TPSA) is 58.6 Å². The van der Waals surface area contributed by atoms with Gasteiger partial charge in [0, 0.05) is 29.7 Å². The fourth-order valence-corrected chi connectivity index (χ4v) is 3.49. The van der Waals surface area contributed by atoms with Crippen LogP contribution in [-0.4, -0.2) is 35.9 Å². The Labute approximate surface area is 147 Å². The Bertz CT molecular complexity index is 660. The Morgan fingerprint density at radius 3 is 3.04 bits per heavy atom. The minimum atomic E-state index is -1.06. The molecule has 1 saturated carbocycles. The lowest BCUT2D eigenvalue weighted by molar-refractivity contribution is -0.126. The van der Waals surface area contributed by atoms with Crippen LogP contribution in [0.5, 0.6) is 0 Å². The summed E-state index contributed by atoms with van der Waals surface area (Å²) in [6, 6.07) is 7.24. The lowest BCUT2D eigenvalue weighted by atomic mass is 9.82. The Morgan fingerprint density at radius 2 is 2.29 bits per heavy atom. The fourth-order valence-electron chi connectivity index (χ4n) is 3.30. The van der Waals surface area contributed by atoms with Gasteiger partial charge in [0.1, 0.15) is 5.60 Å². The molecule has 1 aliphatic carbocycles. The van der Waals surface area contributed by atoms with E-state index < -0.39 is 5.60 Å². The molecule has 4 nitrogen and oxygen atoms in total. The molecular formula is C19H22ClNO3. The second kappa shape index (κ2) is 7.57. The zero-order valence-electron chi connectivity index (χ0n) is 13.6. The van der Waals surface area contributed by atoms with E-state index in [2.05, 4.69) is 17.2 Å². The van der Waals surface area contributed by atoms with Crippen LogP contribution < -0.4 is 5.32 Å². The lowest BCUT2D eigenvalue weighted by Gasteiger charge is -2.33. The molecule has 2 N–H and O–H groups in total. The number of rotatable bonds is 2. The number of hydrogen-bond acceptors (Lipinski definition) is 3. The molecule has 0 radical (unpaired) electrons. The monoisotopic (exact) mass is 347 g/mol. The van der Waals surface area contributed by atoms with Crippen molar-refractivity contribution in [3.8, 4) is 11.8 Å². The van der Waals surface area contributed by atoms with E-state index in [0.29, 0.717) is 31.1 Å². The third-order valence-electron chi connectivity index (χ3n) is 4.64. The number of aliphatic hydroxyl groups is 1. The second-order valence-corrected chi connectivity index (χ2v) is 7.09. The highest BCUT2D eigenvalue weighted by Crippen LogP contribution is 2.28. The summed E-state index contributed by atoms with van der Waals surface area (Å²) >= 11 is 5.96. The number of halogens is 1. The summed E-state index contributed by atoms with van der Waals surface area (Å²) in [5.74, 6) is 5.97. The number of amides is 1. The van der Waals surface area contributed by atoms with Gasteiger partial charge in [-0.05, 0) is 43.9 Å². The van der Waals surface area contributed by atoms with E-state index in [1.165, 1.54) is 0 Å². The van der Waals surface area contributed by atoms with E-state index in [-0.39, 0.29) is 17.9 Å². The third kappa shape index (κ3) is 4.51. The molecule has 1 aromatic carbocycles. The molecule has 0 aromatic heterocycles. The molecule has 3 atom stereocenters. The molecule has 1 amide bonds. The van der Waals surface area contributed by atoms with E-state index in [4.69, 9.17) is 16.3 Å². The average Bonchev–Trinajstić information content (AvgIpc) is 3.08. The molecule has 24 heavy (non-hydrogen) atoms. The first-order valence-corrected chi connectivity index (χ1v) is 8.81. The number of carbonyl (C=O) groups excluding carboxylic acids is 1. The van der Waals surface area contributed by atoms with Crippen LogP contribution in [0.25, 0.3) is 0 Å². The quantitative estimate of drug-likeness (QED) is 0.808. The zero-order valence-corrected chi connectivity index (χ0v) is 14.3. The second-order valence-electron chi connectivity index (χ2n) is 6.65. The first-order valence-electron chi connectivity index (χ1n) is 8.43. The molecule has 2 aliphatic rings. The maximum absolute atomic E-state index is 12.2. The van der Waals surface area contributed by atoms with Gasteiger partial charge in [0.2, 0.25) is 5.91 Å². The molecule has 1 saturated heterocycles. The van der Waals surface area contributed by atoms with Gasteiger partial charge in [-0.25, -0.2) is 0 Å². The van der Waals surface area contributed by atoms with Crippen LogP contribution in [-0.2, 0) is 9.53 Å². The van der Waals surface area contributed by atoms with Crippen molar-refractivity contribution in [2.75, 3.05) is 13.2 Å². The van der Waals surface area contributed by atoms with Crippen molar-refractivity contribution in [3.63, 3.8) is 0 Å². The smallest absolute Gasteiger partial charge is 0.225 e. The van der Waals surface area contributed by atoms with E-state index in [0.717, 1.165) is 24.8 Å². The standard InChI is InChI=1S/C19H22ClNO3/c20-16-4-1-3-14(11-16)6-9-19(23)8-2-5-17(12-19)21-18(22)15-7-10-24-13-15/h1,3-4,11,15,17,23H,2,5,7-8,10,12-13H2,(H,21,22)/t15?,17-,19+/m1/s1. The zero-order chi connectivity index (χ0) is 17.0. The van der Waals surface area contributed by atoms with Crippen molar-refractivity contribution in [1.82, 2.24) is 5.32 Å². The predicted octanol–water partition coefficient (Wildman–Crippen LogP) is 2.52. The van der Waals surface area contributed by atoms with Crippen LogP contribution >= 0.6 is 11.6 Å². The van der Waals surface area contributed by atoms with Crippen LogP contribution in [0.2, 0.25) is 5.02 Å². The van der Waals surface area contributed by atoms with E-state index in [9.17, 15) is 9.90 Å². The molecule has 128 valence electrons. The van der Waals surface area contributed by atoms with Crippen molar-refractivity contribution in [1.29, 1.82) is 0 Å². The van der Waals surface area contributed by atoms with E-state index in [1.54, 1.807) is 12.1 Å². The van der Waals surface area contributed by atoms with E-state index in [1.807, 2.05) is 12.1 Å². The maximum atomic E-state index is 12.2. The molecule has 3 rings (SSSR count). The van der Waals surface area contributed by atoms with Crippen molar-refractivity contribution in [3.05, 3.63) is 34.9 Å². The van der Waals surface area contributed by atoms with Gasteiger partial charge in [-0.1, -0.05) is 29.5 Å². The minimum absolute atomic E-state index is 0.0320. The molecule has 2 fully saturated rings. The van der Waals surface area contributed by atoms with Gasteiger partial charge >= 0.3 is 0 Å². The van der Waals surface area contributed by atoms with Gasteiger partial charge in [0.05, 0.1) is 12.5 Å². The number of ether oxygens (including phenoxy) is 1. The number of carbonyl (C=O) groups is 1. The van der Waals surface area contributed by atoms with Gasteiger partial charge in [0.25, 0.3) is 0 Å². The van der Waals surface area contributed by atoms with Crippen LogP contribution in [0.15, 0.2) is 24.3 Å². The molecule has 1 aromatic rings. The highest BCUT2D eigenvalue weighted by molar-refractivity contribution is 6.30. The van der Waals surface area contributed by atoms with Gasteiger partial charge < -0.3 is 15.2 Å². The van der Waals surface area contributed by atoms with Crippen LogP contribution in [0.3, 0.4) is 0 Å². The molecule has 0 spiro atoms. The highest BCUT2D eigenvalue weighted by atomic mass is 35.5. The Kier molecular flexibility index (Phi) is 5.45. The van der Waals surface area contributed by atoms with Crippen LogP contribution in [0.1, 0.15) is 37.7 Å². The van der Waals surface area contributed by atoms with Gasteiger partial charge in [0.15, 0.2) is 0 Å². The fraction of sp³-hybridized carbons (Fsp3) is 0.526. The summed E-state index contributed by atoms with van der Waals surface area (Å²) in [5, 5.41) is 14.4. The summed E-state index contributed by atoms with van der Waals surface area (Å²) in [4.78, 5) is 12.2. The first-order chi connectivity index (χ1) is 11.5. The summed E-state index contributed by atoms with van der Waals surface area (Å²) < 4.78 is 5.26. The van der Waals surface area contributed by atoms with Gasteiger partial charge in [-0.15, -0.1) is 0 Å². The largest absolute Gasteiger partial charge is 0.381 e. The van der Waals surface area contributed by atoms with E-state index >= 15 is 0 Å². The van der Waals surface area contributed by atoms with Gasteiger partial charge in [-0.2, -0.15) is 0 Å². The van der Waals surface area contributed by atoms with Crippen molar-refractivity contribution >= 4 is 17.5 Å². The minimum Gasteiger partial charge on any atom is -0.381 e. The Hall–Kier alpha value is -1.54. The predicted molar refractivity (Wildman–Crippen MR) is 92.6 cm³/mol. The molecule has 1 unspecified atom stereocenters. The van der Waals surface area contributed by atoms with Gasteiger partial charge in [-0.3, -0.25) is 4.79 Å². The Balaban J connectivity index is 1.62. The normalized spacial score (nSPS) is 29.6. The average molecular weight is 348 g/mol. The van der Waals surface area contributed by atoms with Crippen LogP contribution in [0.4, 0.5) is 0 Å². The SMILES string of the molecule is O=C(N[C@@H]1CCC[C@](O)(C#Cc2cccc(Cl)c2)C1)C1CCOC1. The summed E-state index contributed by atoms with van der Waals surface area (Å²) in [6.45, 7) is 1.15. The maximum Gasteiger partial charge on any atom is 0.225 e. The number of benzene rings is 1. The molecule has 5 heteroatoms. The highest BCUT2D eigenvalue weighted by Gasteiger charge is 2.35. The molecule has 0 bridgehead atoms. The molecular weight excluding hydrogens is 326 g/mol. The van der Waals surface area contributed by atoms with Crippen molar-refractivity contribution in [2.45, 2.75) is 43.7 Å². The van der Waals surface area contributed by atoms with Crippen molar-refractivity contribution in [2.24, 2.45) is 5.92 Å². The Morgan fingerprint density at radius 1 is 1.42 bits per heavy atom. The molecule has 1 heterocycles. The molecule has 1 aliphatic heterocycles. The first kappa shape index (κ1) is 17.3. The van der Waals surface area contributed by atoms with Crippen molar-refractivity contribution < 1.29 is 14.6 Å². The number of nitrogens with one attached hydrogen (secondary N) is 1. The summed E-state index contributed by atoms with van der Waals surface area (Å²) in [5.41, 5.74) is -0.282.